The van der Waals surface area contributed by atoms with E-state index < -0.39 is 0 Å². The molecule has 1 heterocycles. The lowest BCUT2D eigenvalue weighted by Crippen LogP contribution is -1.88. The minimum absolute atomic E-state index is 0.602. The highest BCUT2D eigenvalue weighted by Crippen LogP contribution is 2.39. The lowest BCUT2D eigenvalue weighted by molar-refractivity contribution is 0.341. The van der Waals surface area contributed by atoms with E-state index >= 15 is 0 Å². The van der Waals surface area contributed by atoms with Gasteiger partial charge in [-0.25, -0.2) is 4.98 Å². The molecule has 1 aromatic heterocycles. The van der Waals surface area contributed by atoms with Crippen LogP contribution in [0.4, 0.5) is 0 Å². The van der Waals surface area contributed by atoms with Gasteiger partial charge in [0.2, 0.25) is 5.89 Å². The Kier molecular flexibility index (Phi) is 4.74. The van der Waals surface area contributed by atoms with Crippen LogP contribution in [0.1, 0.15) is 5.56 Å². The van der Waals surface area contributed by atoms with E-state index in [9.17, 15) is 0 Å². The molecule has 5 rings (SSSR count). The summed E-state index contributed by atoms with van der Waals surface area (Å²) in [6.07, 6.45) is 3.62. The van der Waals surface area contributed by atoms with Crippen LogP contribution in [-0.4, -0.2) is 12.1 Å². The number of methoxy groups -OCH3 is 1. The van der Waals surface area contributed by atoms with Crippen molar-refractivity contribution in [2.24, 2.45) is 0 Å². The van der Waals surface area contributed by atoms with Crippen molar-refractivity contribution in [3.8, 4) is 22.6 Å². The van der Waals surface area contributed by atoms with Crippen LogP contribution in [0.5, 0.6) is 0 Å². The average Bonchev–Trinajstić information content (AvgIpc) is 3.22. The van der Waals surface area contributed by atoms with Crippen molar-refractivity contribution in [1.29, 1.82) is 0 Å². The highest BCUT2D eigenvalue weighted by Gasteiger charge is 2.17. The van der Waals surface area contributed by atoms with Crippen LogP contribution in [0, 0.1) is 0 Å². The van der Waals surface area contributed by atoms with Gasteiger partial charge in [-0.3, -0.25) is 0 Å². The number of hydrogen-bond acceptors (Lipinski definition) is 3. The third-order valence-corrected chi connectivity index (χ3v) is 5.34. The lowest BCUT2D eigenvalue weighted by Gasteiger charge is -2.12. The Hall–Kier alpha value is -3.56. The zero-order chi connectivity index (χ0) is 20.5. The fourth-order valence-corrected chi connectivity index (χ4v) is 3.91. The van der Waals surface area contributed by atoms with Gasteiger partial charge in [-0.1, -0.05) is 60.1 Å². The fraction of sp³-hybridized carbons (Fsp3) is 0.0385. The van der Waals surface area contributed by atoms with Gasteiger partial charge in [-0.2, -0.15) is 0 Å². The van der Waals surface area contributed by atoms with Gasteiger partial charge in [0.05, 0.1) is 13.4 Å². The number of fused-ring (bicyclic) bond motifs is 2. The summed E-state index contributed by atoms with van der Waals surface area (Å²) in [7, 11) is 1.64. The predicted molar refractivity (Wildman–Crippen MR) is 123 cm³/mol. The smallest absolute Gasteiger partial charge is 0.227 e. The molecule has 0 spiro atoms. The molecule has 0 radical (unpaired) electrons. The van der Waals surface area contributed by atoms with Crippen molar-refractivity contribution in [3.63, 3.8) is 0 Å². The number of hydrogen-bond donors (Lipinski definition) is 0. The van der Waals surface area contributed by atoms with Crippen molar-refractivity contribution in [2.45, 2.75) is 0 Å². The fourth-order valence-electron chi connectivity index (χ4n) is 3.74. The van der Waals surface area contributed by atoms with Crippen LogP contribution in [0.15, 0.2) is 89.5 Å². The first-order chi connectivity index (χ1) is 14.7. The molecule has 30 heavy (non-hydrogen) atoms. The van der Waals surface area contributed by atoms with Crippen LogP contribution < -0.4 is 0 Å². The first-order valence-corrected chi connectivity index (χ1v) is 9.99. The summed E-state index contributed by atoms with van der Waals surface area (Å²) in [6.45, 7) is 0. The molecule has 4 heteroatoms. The molecule has 5 aromatic rings. The van der Waals surface area contributed by atoms with E-state index in [2.05, 4.69) is 18.2 Å². The number of oxazole rings is 1. The highest BCUT2D eigenvalue weighted by atomic mass is 35.5. The average molecular weight is 412 g/mol. The lowest BCUT2D eigenvalue weighted by atomic mass is 9.92. The van der Waals surface area contributed by atoms with Gasteiger partial charge in [0.25, 0.3) is 0 Å². The second-order valence-electron chi connectivity index (χ2n) is 6.97. The summed E-state index contributed by atoms with van der Waals surface area (Å²) in [5.41, 5.74) is 5.51. The predicted octanol–water partition coefficient (Wildman–Crippen LogP) is 7.59. The molecule has 4 aromatic carbocycles. The van der Waals surface area contributed by atoms with Crippen molar-refractivity contribution >= 4 is 39.5 Å². The normalized spacial score (nSPS) is 11.5. The maximum atomic E-state index is 6.36. The topological polar surface area (TPSA) is 35.3 Å². The van der Waals surface area contributed by atoms with Crippen LogP contribution in [-0.2, 0) is 4.74 Å². The van der Waals surface area contributed by atoms with Crippen molar-refractivity contribution in [1.82, 2.24) is 4.98 Å². The van der Waals surface area contributed by atoms with Crippen LogP contribution in [0.3, 0.4) is 0 Å². The maximum Gasteiger partial charge on any atom is 0.227 e. The monoisotopic (exact) mass is 411 g/mol. The Bertz CT molecular complexity index is 1390. The Labute approximate surface area is 179 Å². The highest BCUT2D eigenvalue weighted by molar-refractivity contribution is 6.31. The minimum Gasteiger partial charge on any atom is -0.504 e. The summed E-state index contributed by atoms with van der Waals surface area (Å²) in [6, 6.07) is 26.0. The molecule has 0 amide bonds. The molecule has 0 fully saturated rings. The molecular weight excluding hydrogens is 394 g/mol. The van der Waals surface area contributed by atoms with Gasteiger partial charge >= 0.3 is 0 Å². The van der Waals surface area contributed by atoms with Gasteiger partial charge < -0.3 is 9.15 Å². The number of aromatic nitrogens is 1. The van der Waals surface area contributed by atoms with E-state index in [1.54, 1.807) is 13.4 Å². The number of rotatable bonds is 4. The second-order valence-corrected chi connectivity index (χ2v) is 7.41. The Morgan fingerprint density at radius 2 is 1.77 bits per heavy atom. The molecule has 0 N–H and O–H groups in total. The third kappa shape index (κ3) is 3.23. The van der Waals surface area contributed by atoms with E-state index in [-0.39, 0.29) is 0 Å². The van der Waals surface area contributed by atoms with Gasteiger partial charge in [-0.15, -0.1) is 0 Å². The van der Waals surface area contributed by atoms with E-state index in [1.165, 1.54) is 0 Å². The molecule has 146 valence electrons. The minimum atomic E-state index is 0.602. The van der Waals surface area contributed by atoms with Crippen LogP contribution in [0.2, 0.25) is 5.02 Å². The van der Waals surface area contributed by atoms with E-state index in [0.29, 0.717) is 10.9 Å². The number of para-hydroxylation sites is 1. The van der Waals surface area contributed by atoms with Gasteiger partial charge in [0.1, 0.15) is 5.52 Å². The zero-order valence-corrected chi connectivity index (χ0v) is 17.1. The molecule has 0 aliphatic rings. The molecule has 0 unspecified atom stereocenters. The Balaban J connectivity index is 1.82. The summed E-state index contributed by atoms with van der Waals surface area (Å²) in [5.74, 6) is 0.602. The molecule has 0 atom stereocenters. The number of benzene rings is 4. The van der Waals surface area contributed by atoms with E-state index in [4.69, 9.17) is 25.7 Å². The van der Waals surface area contributed by atoms with Gasteiger partial charge in [0, 0.05) is 21.7 Å². The van der Waals surface area contributed by atoms with E-state index in [1.807, 2.05) is 66.7 Å². The number of ether oxygens (including phenoxy) is 1. The standard InChI is InChI=1S/C26H18ClNO2/c1-29-15-14-18-11-10-17-12-13-20(27)16-22(17)24(18)21-8-5-9-23-25(21)30-26(28-23)19-6-3-2-4-7-19/h2-16H,1H3/b15-14+. The van der Waals surface area contributed by atoms with Gasteiger partial charge in [-0.05, 0) is 52.7 Å². The molecule has 0 aliphatic heterocycles. The summed E-state index contributed by atoms with van der Waals surface area (Å²) < 4.78 is 11.5. The summed E-state index contributed by atoms with van der Waals surface area (Å²) >= 11 is 6.36. The first-order valence-electron chi connectivity index (χ1n) is 9.61. The molecular formula is C26H18ClNO2. The first kappa shape index (κ1) is 18.5. The van der Waals surface area contributed by atoms with Crippen LogP contribution in [0.25, 0.3) is 50.5 Å². The molecule has 0 saturated carbocycles. The molecule has 0 aliphatic carbocycles. The second kappa shape index (κ2) is 7.69. The Morgan fingerprint density at radius 1 is 0.933 bits per heavy atom. The number of nitrogens with zero attached hydrogens (tertiary/aromatic N) is 1. The van der Waals surface area contributed by atoms with Crippen molar-refractivity contribution < 1.29 is 9.15 Å². The zero-order valence-electron chi connectivity index (χ0n) is 16.3. The van der Waals surface area contributed by atoms with Gasteiger partial charge in [0.15, 0.2) is 5.58 Å². The van der Waals surface area contributed by atoms with Crippen molar-refractivity contribution in [3.05, 3.63) is 95.7 Å². The SMILES string of the molecule is CO/C=C/c1ccc2ccc(Cl)cc2c1-c1cccc2nc(-c3ccccc3)oc12. The largest absolute Gasteiger partial charge is 0.504 e. The van der Waals surface area contributed by atoms with Crippen molar-refractivity contribution in [2.75, 3.05) is 7.11 Å². The quantitative estimate of drug-likeness (QED) is 0.286. The molecule has 0 saturated heterocycles. The maximum absolute atomic E-state index is 6.36. The molecule has 0 bridgehead atoms. The summed E-state index contributed by atoms with van der Waals surface area (Å²) in [5, 5.41) is 2.83. The number of halogens is 1. The summed E-state index contributed by atoms with van der Waals surface area (Å²) in [4.78, 5) is 4.72. The van der Waals surface area contributed by atoms with E-state index in [0.717, 1.165) is 44.1 Å². The third-order valence-electron chi connectivity index (χ3n) is 5.10. The Morgan fingerprint density at radius 3 is 2.60 bits per heavy atom. The molecule has 3 nitrogen and oxygen atoms in total. The van der Waals surface area contributed by atoms with Crippen LogP contribution >= 0.6 is 11.6 Å².